The fourth-order valence-electron chi connectivity index (χ4n) is 1.35. The van der Waals surface area contributed by atoms with Gasteiger partial charge in [-0.05, 0) is 35.0 Å². The lowest BCUT2D eigenvalue weighted by atomic mass is 10.2. The second-order valence-electron chi connectivity index (χ2n) is 3.10. The zero-order chi connectivity index (χ0) is 11.7. The van der Waals surface area contributed by atoms with E-state index in [1.54, 1.807) is 6.92 Å². The Hall–Kier alpha value is -1.36. The summed E-state index contributed by atoms with van der Waals surface area (Å²) in [5, 5.41) is 0.517. The summed E-state index contributed by atoms with van der Waals surface area (Å²) in [5.41, 5.74) is 0.441. The number of carbonyl (C=O) groups is 1. The third-order valence-corrected chi connectivity index (χ3v) is 2.87. The van der Waals surface area contributed by atoms with Gasteiger partial charge in [-0.1, -0.05) is 0 Å². The molecule has 0 spiro atoms. The van der Waals surface area contributed by atoms with Crippen LogP contribution in [0.2, 0.25) is 0 Å². The fourth-order valence-corrected chi connectivity index (χ4v) is 1.80. The van der Waals surface area contributed by atoms with E-state index >= 15 is 0 Å². The summed E-state index contributed by atoms with van der Waals surface area (Å²) in [6.07, 6.45) is 0. The highest BCUT2D eigenvalue weighted by molar-refractivity contribution is 9.10. The lowest BCUT2D eigenvalue weighted by Gasteiger charge is -1.95. The number of carbonyl (C=O) groups excluding carboxylic acids is 1. The van der Waals surface area contributed by atoms with Crippen LogP contribution in [0.25, 0.3) is 11.0 Å². The number of fused-ring (bicyclic) bond motifs is 1. The molecule has 1 heterocycles. The van der Waals surface area contributed by atoms with Gasteiger partial charge in [-0.2, -0.15) is 0 Å². The molecule has 0 aliphatic carbocycles. The molecule has 0 saturated carbocycles. The quantitative estimate of drug-likeness (QED) is 0.793. The summed E-state index contributed by atoms with van der Waals surface area (Å²) in [7, 11) is 0. The number of rotatable bonds is 2. The maximum Gasteiger partial charge on any atom is 0.374 e. The van der Waals surface area contributed by atoms with E-state index in [-0.39, 0.29) is 16.8 Å². The van der Waals surface area contributed by atoms with Crippen LogP contribution >= 0.6 is 15.9 Å². The van der Waals surface area contributed by atoms with Crippen LogP contribution in [0, 0.1) is 5.82 Å². The molecule has 0 aliphatic heterocycles. The molecule has 0 N–H and O–H groups in total. The number of esters is 1. The zero-order valence-electron chi connectivity index (χ0n) is 8.42. The van der Waals surface area contributed by atoms with Crippen LogP contribution in [-0.4, -0.2) is 12.6 Å². The monoisotopic (exact) mass is 286 g/mol. The van der Waals surface area contributed by atoms with Gasteiger partial charge in [-0.3, -0.25) is 0 Å². The van der Waals surface area contributed by atoms with Crippen LogP contribution in [0.4, 0.5) is 4.39 Å². The van der Waals surface area contributed by atoms with Crippen molar-refractivity contribution in [3.63, 3.8) is 0 Å². The Morgan fingerprint density at radius 3 is 3.00 bits per heavy atom. The summed E-state index contributed by atoms with van der Waals surface area (Å²) in [5.74, 6) is -0.877. The molecule has 2 aromatic rings. The predicted molar refractivity (Wildman–Crippen MR) is 59.8 cm³/mol. The van der Waals surface area contributed by atoms with Gasteiger partial charge in [0.1, 0.15) is 11.4 Å². The maximum atomic E-state index is 13.2. The van der Waals surface area contributed by atoms with Crippen molar-refractivity contribution in [3.8, 4) is 0 Å². The van der Waals surface area contributed by atoms with Crippen molar-refractivity contribution in [2.45, 2.75) is 6.92 Å². The van der Waals surface area contributed by atoms with Crippen LogP contribution in [0.5, 0.6) is 0 Å². The number of halogens is 2. The third kappa shape index (κ3) is 1.82. The van der Waals surface area contributed by atoms with Crippen molar-refractivity contribution in [1.29, 1.82) is 0 Å². The minimum absolute atomic E-state index is 0.0724. The van der Waals surface area contributed by atoms with Gasteiger partial charge in [-0.25, -0.2) is 9.18 Å². The van der Waals surface area contributed by atoms with Crippen LogP contribution in [0.3, 0.4) is 0 Å². The Kier molecular flexibility index (Phi) is 2.96. The molecule has 0 aliphatic rings. The molecular weight excluding hydrogens is 279 g/mol. The number of ether oxygens (including phenoxy) is 1. The molecule has 0 atom stereocenters. The van der Waals surface area contributed by atoms with Crippen LogP contribution in [-0.2, 0) is 4.74 Å². The third-order valence-electron chi connectivity index (χ3n) is 2.06. The normalized spacial score (nSPS) is 10.7. The first-order valence-corrected chi connectivity index (χ1v) is 5.47. The molecule has 84 valence electrons. The number of benzene rings is 1. The first-order valence-electron chi connectivity index (χ1n) is 4.68. The number of furan rings is 1. The van der Waals surface area contributed by atoms with Crippen molar-refractivity contribution in [1.82, 2.24) is 0 Å². The Bertz CT molecular complexity index is 547. The molecule has 1 aromatic heterocycles. The highest BCUT2D eigenvalue weighted by Crippen LogP contribution is 2.29. The van der Waals surface area contributed by atoms with E-state index in [4.69, 9.17) is 9.15 Å². The number of hydrogen-bond acceptors (Lipinski definition) is 3. The van der Waals surface area contributed by atoms with Crippen molar-refractivity contribution < 1.29 is 18.3 Å². The standard InChI is InChI=1S/C11H8BrFO3/c1-2-15-11(14)9-5-6-8(16-9)4-3-7(13)10(6)12/h3-5H,2H2,1H3. The lowest BCUT2D eigenvalue weighted by Crippen LogP contribution is -2.02. The minimum Gasteiger partial charge on any atom is -0.460 e. The first kappa shape index (κ1) is 11.1. The predicted octanol–water partition coefficient (Wildman–Crippen LogP) is 3.51. The summed E-state index contributed by atoms with van der Waals surface area (Å²) < 4.78 is 23.5. The van der Waals surface area contributed by atoms with E-state index in [9.17, 15) is 9.18 Å². The molecule has 0 bridgehead atoms. The van der Waals surface area contributed by atoms with Gasteiger partial charge < -0.3 is 9.15 Å². The van der Waals surface area contributed by atoms with E-state index < -0.39 is 11.8 Å². The Morgan fingerprint density at radius 1 is 1.56 bits per heavy atom. The SMILES string of the molecule is CCOC(=O)c1cc2c(Br)c(F)ccc2o1. The molecule has 0 saturated heterocycles. The van der Waals surface area contributed by atoms with E-state index in [1.807, 2.05) is 0 Å². The van der Waals surface area contributed by atoms with Gasteiger partial charge in [-0.15, -0.1) is 0 Å². The van der Waals surface area contributed by atoms with Gasteiger partial charge in [0.25, 0.3) is 0 Å². The highest BCUT2D eigenvalue weighted by atomic mass is 79.9. The van der Waals surface area contributed by atoms with Crippen LogP contribution in [0.15, 0.2) is 27.1 Å². The van der Waals surface area contributed by atoms with Crippen molar-refractivity contribution in [2.75, 3.05) is 6.61 Å². The molecule has 0 unspecified atom stereocenters. The topological polar surface area (TPSA) is 39.4 Å². The van der Waals surface area contributed by atoms with Crippen molar-refractivity contribution in [2.24, 2.45) is 0 Å². The zero-order valence-corrected chi connectivity index (χ0v) is 10.0. The smallest absolute Gasteiger partial charge is 0.374 e. The molecular formula is C11H8BrFO3. The lowest BCUT2D eigenvalue weighted by molar-refractivity contribution is 0.0492. The van der Waals surface area contributed by atoms with E-state index in [1.165, 1.54) is 18.2 Å². The minimum atomic E-state index is -0.550. The Balaban J connectivity index is 2.52. The van der Waals surface area contributed by atoms with Gasteiger partial charge in [0.2, 0.25) is 5.76 Å². The molecule has 3 nitrogen and oxygen atoms in total. The summed E-state index contributed by atoms with van der Waals surface area (Å²) in [6, 6.07) is 4.20. The van der Waals surface area contributed by atoms with Crippen molar-refractivity contribution >= 4 is 32.9 Å². The number of hydrogen-bond donors (Lipinski definition) is 0. The van der Waals surface area contributed by atoms with Crippen LogP contribution in [0.1, 0.15) is 17.5 Å². The highest BCUT2D eigenvalue weighted by Gasteiger charge is 2.16. The van der Waals surface area contributed by atoms with Crippen LogP contribution < -0.4 is 0 Å². The summed E-state index contributed by atoms with van der Waals surface area (Å²) >= 11 is 3.10. The second-order valence-corrected chi connectivity index (χ2v) is 3.90. The van der Waals surface area contributed by atoms with E-state index in [0.717, 1.165) is 0 Å². The first-order chi connectivity index (χ1) is 7.63. The van der Waals surface area contributed by atoms with Crippen molar-refractivity contribution in [3.05, 3.63) is 34.2 Å². The van der Waals surface area contributed by atoms with Gasteiger partial charge >= 0.3 is 5.97 Å². The molecule has 0 fully saturated rings. The molecule has 1 aromatic carbocycles. The molecule has 16 heavy (non-hydrogen) atoms. The average Bonchev–Trinajstić information content (AvgIpc) is 2.69. The average molecular weight is 287 g/mol. The van der Waals surface area contributed by atoms with E-state index in [0.29, 0.717) is 11.0 Å². The van der Waals surface area contributed by atoms with E-state index in [2.05, 4.69) is 15.9 Å². The summed E-state index contributed by atoms with van der Waals surface area (Å²) in [6.45, 7) is 1.97. The molecule has 2 rings (SSSR count). The Morgan fingerprint density at radius 2 is 2.31 bits per heavy atom. The fraction of sp³-hybridized carbons (Fsp3) is 0.182. The van der Waals surface area contributed by atoms with Gasteiger partial charge in [0, 0.05) is 11.5 Å². The largest absolute Gasteiger partial charge is 0.460 e. The van der Waals surface area contributed by atoms with Gasteiger partial charge in [0.15, 0.2) is 0 Å². The molecule has 0 radical (unpaired) electrons. The summed E-state index contributed by atoms with van der Waals surface area (Å²) in [4.78, 5) is 11.4. The van der Waals surface area contributed by atoms with Gasteiger partial charge in [0.05, 0.1) is 11.1 Å². The Labute approximate surface area is 99.3 Å². The molecule has 5 heteroatoms. The molecule has 0 amide bonds. The maximum absolute atomic E-state index is 13.2. The second kappa shape index (κ2) is 4.25.